The highest BCUT2D eigenvalue weighted by Crippen LogP contribution is 2.42. The molecule has 0 aromatic rings. The summed E-state index contributed by atoms with van der Waals surface area (Å²) in [6.07, 6.45) is 9.81. The Kier molecular flexibility index (Phi) is 5.08. The molecule has 0 aromatic heterocycles. The molecule has 0 amide bonds. The molecular formula is C16H32N2. The molecule has 1 aliphatic heterocycles. The molecule has 2 heteroatoms. The minimum atomic E-state index is 0.486. The number of hydrogen-bond donors (Lipinski definition) is 1. The first-order valence-electron chi connectivity index (χ1n) is 8.19. The van der Waals surface area contributed by atoms with Crippen LogP contribution in [0.25, 0.3) is 0 Å². The minimum absolute atomic E-state index is 0.486. The Hall–Kier alpha value is -0.0800. The predicted molar refractivity (Wildman–Crippen MR) is 78.9 cm³/mol. The zero-order chi connectivity index (χ0) is 13.0. The van der Waals surface area contributed by atoms with Crippen molar-refractivity contribution in [3.05, 3.63) is 0 Å². The fraction of sp³-hybridized carbons (Fsp3) is 1.00. The number of rotatable bonds is 6. The molecule has 0 radical (unpaired) electrons. The molecule has 1 atom stereocenters. The lowest BCUT2D eigenvalue weighted by Crippen LogP contribution is -2.61. The second kappa shape index (κ2) is 6.38. The maximum absolute atomic E-state index is 3.89. The normalized spacial score (nSPS) is 26.0. The molecule has 0 aromatic carbocycles. The summed E-state index contributed by atoms with van der Waals surface area (Å²) in [5.74, 6) is 0.746. The van der Waals surface area contributed by atoms with Gasteiger partial charge in [0.05, 0.1) is 0 Å². The topological polar surface area (TPSA) is 15.3 Å². The standard InChI is InChI=1S/C16H32N2/c1-4-11-17-15(14(2)3)16(9-5-6-10-16)18-12-7-8-13-18/h14-15,17H,4-13H2,1-3H3. The van der Waals surface area contributed by atoms with E-state index in [0.29, 0.717) is 11.6 Å². The van der Waals surface area contributed by atoms with Gasteiger partial charge in [-0.2, -0.15) is 0 Å². The van der Waals surface area contributed by atoms with Gasteiger partial charge in [0.2, 0.25) is 0 Å². The van der Waals surface area contributed by atoms with Gasteiger partial charge in [-0.05, 0) is 57.7 Å². The van der Waals surface area contributed by atoms with Crippen molar-refractivity contribution in [3.8, 4) is 0 Å². The van der Waals surface area contributed by atoms with Gasteiger partial charge in [-0.1, -0.05) is 33.6 Å². The zero-order valence-corrected chi connectivity index (χ0v) is 12.7. The fourth-order valence-electron chi connectivity index (χ4n) is 4.32. The summed E-state index contributed by atoms with van der Waals surface area (Å²) < 4.78 is 0. The van der Waals surface area contributed by atoms with Gasteiger partial charge in [-0.15, -0.1) is 0 Å². The molecule has 2 rings (SSSR count). The lowest BCUT2D eigenvalue weighted by atomic mass is 9.80. The summed E-state index contributed by atoms with van der Waals surface area (Å²) in [5.41, 5.74) is 0.486. The molecule has 0 bridgehead atoms. The Morgan fingerprint density at radius 2 is 1.67 bits per heavy atom. The summed E-state index contributed by atoms with van der Waals surface area (Å²) in [6.45, 7) is 11.0. The SMILES string of the molecule is CCCNC(C(C)C)C1(N2CCCC2)CCCC1. The molecule has 1 unspecified atom stereocenters. The van der Waals surface area contributed by atoms with Crippen LogP contribution in [0.3, 0.4) is 0 Å². The van der Waals surface area contributed by atoms with Crippen molar-refractivity contribution in [3.63, 3.8) is 0 Å². The average Bonchev–Trinajstić information content (AvgIpc) is 3.00. The third-order valence-corrected chi connectivity index (χ3v) is 5.07. The van der Waals surface area contributed by atoms with Gasteiger partial charge >= 0.3 is 0 Å². The van der Waals surface area contributed by atoms with Gasteiger partial charge in [0.15, 0.2) is 0 Å². The molecule has 1 saturated heterocycles. The minimum Gasteiger partial charge on any atom is -0.312 e. The Morgan fingerprint density at radius 3 is 2.17 bits per heavy atom. The molecule has 18 heavy (non-hydrogen) atoms. The lowest BCUT2D eigenvalue weighted by Gasteiger charge is -2.47. The van der Waals surface area contributed by atoms with Gasteiger partial charge in [-0.3, -0.25) is 4.90 Å². The number of hydrogen-bond acceptors (Lipinski definition) is 2. The van der Waals surface area contributed by atoms with E-state index in [1.54, 1.807) is 0 Å². The van der Waals surface area contributed by atoms with Crippen LogP contribution in [0.15, 0.2) is 0 Å². The smallest absolute Gasteiger partial charge is 0.0365 e. The Morgan fingerprint density at radius 1 is 1.06 bits per heavy atom. The second-order valence-electron chi connectivity index (χ2n) is 6.68. The summed E-state index contributed by atoms with van der Waals surface area (Å²) >= 11 is 0. The Labute approximate surface area is 114 Å². The summed E-state index contributed by atoms with van der Waals surface area (Å²) in [5, 5.41) is 3.89. The van der Waals surface area contributed by atoms with Gasteiger partial charge in [-0.25, -0.2) is 0 Å². The van der Waals surface area contributed by atoms with Gasteiger partial charge < -0.3 is 5.32 Å². The van der Waals surface area contributed by atoms with Crippen LogP contribution in [0.1, 0.15) is 65.7 Å². The number of likely N-dealkylation sites (tertiary alicyclic amines) is 1. The zero-order valence-electron chi connectivity index (χ0n) is 12.7. The summed E-state index contributed by atoms with van der Waals surface area (Å²) in [4.78, 5) is 2.84. The first-order valence-corrected chi connectivity index (χ1v) is 8.19. The predicted octanol–water partition coefficient (Wildman–Crippen LogP) is 3.42. The summed E-state index contributed by atoms with van der Waals surface area (Å²) in [6, 6.07) is 0.693. The van der Waals surface area contributed by atoms with Crippen LogP contribution in [0.5, 0.6) is 0 Å². The molecule has 1 aliphatic carbocycles. The highest BCUT2D eigenvalue weighted by Gasteiger charge is 2.47. The first kappa shape index (κ1) is 14.3. The molecule has 1 heterocycles. The van der Waals surface area contributed by atoms with E-state index in [2.05, 4.69) is 31.0 Å². The van der Waals surface area contributed by atoms with Crippen LogP contribution < -0.4 is 5.32 Å². The Bertz CT molecular complexity index is 237. The summed E-state index contributed by atoms with van der Waals surface area (Å²) in [7, 11) is 0. The van der Waals surface area contributed by atoms with E-state index in [1.165, 1.54) is 64.6 Å². The maximum atomic E-state index is 3.89. The third kappa shape index (κ3) is 2.75. The van der Waals surface area contributed by atoms with Crippen LogP contribution in [-0.2, 0) is 0 Å². The number of nitrogens with one attached hydrogen (secondary N) is 1. The van der Waals surface area contributed by atoms with E-state index in [1.807, 2.05) is 0 Å². The second-order valence-corrected chi connectivity index (χ2v) is 6.68. The highest BCUT2D eigenvalue weighted by molar-refractivity contribution is 5.05. The van der Waals surface area contributed by atoms with Crippen molar-refractivity contribution < 1.29 is 0 Å². The fourth-order valence-corrected chi connectivity index (χ4v) is 4.32. The van der Waals surface area contributed by atoms with E-state index in [-0.39, 0.29) is 0 Å². The molecule has 1 saturated carbocycles. The van der Waals surface area contributed by atoms with E-state index >= 15 is 0 Å². The molecule has 1 N–H and O–H groups in total. The van der Waals surface area contributed by atoms with E-state index in [4.69, 9.17) is 0 Å². The Balaban J connectivity index is 2.14. The van der Waals surface area contributed by atoms with Gasteiger partial charge in [0.1, 0.15) is 0 Å². The van der Waals surface area contributed by atoms with Crippen LogP contribution in [0, 0.1) is 5.92 Å². The van der Waals surface area contributed by atoms with Gasteiger partial charge in [0, 0.05) is 11.6 Å². The average molecular weight is 252 g/mol. The molecule has 2 nitrogen and oxygen atoms in total. The largest absolute Gasteiger partial charge is 0.312 e. The van der Waals surface area contributed by atoms with Crippen molar-refractivity contribution in [2.75, 3.05) is 19.6 Å². The van der Waals surface area contributed by atoms with Crippen molar-refractivity contribution >= 4 is 0 Å². The first-order chi connectivity index (χ1) is 8.70. The molecular weight excluding hydrogens is 220 g/mol. The van der Waals surface area contributed by atoms with E-state index in [0.717, 1.165) is 5.92 Å². The third-order valence-electron chi connectivity index (χ3n) is 5.07. The van der Waals surface area contributed by atoms with Crippen molar-refractivity contribution in [2.45, 2.75) is 77.3 Å². The maximum Gasteiger partial charge on any atom is 0.0365 e. The van der Waals surface area contributed by atoms with E-state index < -0.39 is 0 Å². The molecule has 106 valence electrons. The molecule has 0 spiro atoms. The highest BCUT2D eigenvalue weighted by atomic mass is 15.2. The van der Waals surface area contributed by atoms with Crippen LogP contribution in [0.2, 0.25) is 0 Å². The van der Waals surface area contributed by atoms with Crippen LogP contribution >= 0.6 is 0 Å². The number of nitrogens with zero attached hydrogens (tertiary/aromatic N) is 1. The monoisotopic (exact) mass is 252 g/mol. The van der Waals surface area contributed by atoms with Crippen LogP contribution in [0.4, 0.5) is 0 Å². The van der Waals surface area contributed by atoms with E-state index in [9.17, 15) is 0 Å². The van der Waals surface area contributed by atoms with Gasteiger partial charge in [0.25, 0.3) is 0 Å². The molecule has 2 aliphatic rings. The lowest BCUT2D eigenvalue weighted by molar-refractivity contribution is 0.0573. The van der Waals surface area contributed by atoms with Crippen molar-refractivity contribution in [1.29, 1.82) is 0 Å². The molecule has 2 fully saturated rings. The van der Waals surface area contributed by atoms with Crippen molar-refractivity contribution in [1.82, 2.24) is 10.2 Å². The van der Waals surface area contributed by atoms with Crippen molar-refractivity contribution in [2.24, 2.45) is 5.92 Å². The van der Waals surface area contributed by atoms with Crippen LogP contribution in [-0.4, -0.2) is 36.1 Å². The quantitative estimate of drug-likeness (QED) is 0.779.